The van der Waals surface area contributed by atoms with E-state index in [2.05, 4.69) is 58.8 Å². The van der Waals surface area contributed by atoms with Crippen molar-refractivity contribution in [3.63, 3.8) is 0 Å². The summed E-state index contributed by atoms with van der Waals surface area (Å²) in [7, 11) is 1.38. The average molecular weight is 543 g/mol. The van der Waals surface area contributed by atoms with Gasteiger partial charge in [0.05, 0.1) is 29.7 Å². The van der Waals surface area contributed by atoms with Crippen LogP contribution in [-0.4, -0.2) is 38.4 Å². The van der Waals surface area contributed by atoms with Crippen LogP contribution in [0.4, 0.5) is 14.7 Å². The fraction of sp³-hybridized carbons (Fsp3) is 0.323. The number of H-pyrrole nitrogens is 1. The van der Waals surface area contributed by atoms with Gasteiger partial charge in [0.2, 0.25) is 5.95 Å². The number of aromatic amines is 1. The minimum atomic E-state index is -0.570. The maximum atomic E-state index is 15.5. The molecule has 0 fully saturated rings. The number of aromatic nitrogens is 5. The lowest BCUT2D eigenvalue weighted by Gasteiger charge is -2.27. The number of ether oxygens (including phenoxy) is 1. The smallest absolute Gasteiger partial charge is 0.225 e. The number of nitrogens with zero attached hydrogens (tertiary/aromatic N) is 5. The number of benzene rings is 2. The zero-order valence-electron chi connectivity index (χ0n) is 23.2. The third-order valence-electron chi connectivity index (χ3n) is 7.87. The van der Waals surface area contributed by atoms with Crippen LogP contribution in [0.25, 0.3) is 27.8 Å². The highest BCUT2D eigenvalue weighted by Gasteiger charge is 2.31. The highest BCUT2D eigenvalue weighted by molar-refractivity contribution is 5.99. The van der Waals surface area contributed by atoms with Gasteiger partial charge in [-0.25, -0.2) is 23.4 Å². The summed E-state index contributed by atoms with van der Waals surface area (Å²) in [4.78, 5) is 14.2. The Bertz CT molecular complexity index is 1680. The number of fused-ring (bicyclic) bond motifs is 2. The second-order valence-electron chi connectivity index (χ2n) is 10.1. The van der Waals surface area contributed by atoms with Crippen LogP contribution < -0.4 is 9.64 Å². The van der Waals surface area contributed by atoms with E-state index < -0.39 is 11.6 Å². The highest BCUT2D eigenvalue weighted by atomic mass is 19.1. The van der Waals surface area contributed by atoms with Gasteiger partial charge in [-0.05, 0) is 42.0 Å². The largest absolute Gasteiger partial charge is 0.492 e. The predicted molar refractivity (Wildman–Crippen MR) is 152 cm³/mol. The lowest BCUT2D eigenvalue weighted by molar-refractivity contribution is 0.391. The molecule has 0 bridgehead atoms. The average Bonchev–Trinajstić information content (AvgIpc) is 3.56. The zero-order valence-corrected chi connectivity index (χ0v) is 23.2. The minimum Gasteiger partial charge on any atom is -0.492 e. The Hall–Kier alpha value is -4.27. The molecule has 9 heteroatoms. The molecule has 0 unspecified atom stereocenters. The summed E-state index contributed by atoms with van der Waals surface area (Å²) in [6.45, 7) is 7.44. The molecule has 6 rings (SSSR count). The Balaban J connectivity index is 1.63. The first-order valence-corrected chi connectivity index (χ1v) is 13.8. The molecule has 0 saturated heterocycles. The molecule has 0 aliphatic carbocycles. The minimum absolute atomic E-state index is 0.0168. The third kappa shape index (κ3) is 4.11. The van der Waals surface area contributed by atoms with Gasteiger partial charge in [-0.3, -0.25) is 0 Å². The van der Waals surface area contributed by atoms with Gasteiger partial charge in [-0.2, -0.15) is 5.10 Å². The van der Waals surface area contributed by atoms with Crippen molar-refractivity contribution in [2.24, 2.45) is 0 Å². The molecule has 1 N–H and O–H groups in total. The van der Waals surface area contributed by atoms with Crippen LogP contribution in [0, 0.1) is 11.6 Å². The summed E-state index contributed by atoms with van der Waals surface area (Å²) in [5.41, 5.74) is 7.47. The first-order valence-electron chi connectivity index (χ1n) is 13.8. The molecule has 4 heterocycles. The van der Waals surface area contributed by atoms with Crippen molar-refractivity contribution in [3.8, 4) is 22.7 Å². The summed E-state index contributed by atoms with van der Waals surface area (Å²) in [6.07, 6.45) is 8.05. The Labute approximate surface area is 231 Å². The molecule has 1 aliphatic rings. The van der Waals surface area contributed by atoms with Gasteiger partial charge in [-0.15, -0.1) is 0 Å². The third-order valence-corrected chi connectivity index (χ3v) is 7.87. The number of hydrogen-bond donors (Lipinski definition) is 1. The van der Waals surface area contributed by atoms with Crippen LogP contribution in [0.2, 0.25) is 0 Å². The monoisotopic (exact) mass is 542 g/mol. The zero-order chi connectivity index (χ0) is 28.0. The predicted octanol–water partition coefficient (Wildman–Crippen LogP) is 6.35. The van der Waals surface area contributed by atoms with Crippen LogP contribution in [0.3, 0.4) is 0 Å². The van der Waals surface area contributed by atoms with Crippen LogP contribution in [0.1, 0.15) is 48.7 Å². The van der Waals surface area contributed by atoms with Gasteiger partial charge in [0.1, 0.15) is 5.82 Å². The van der Waals surface area contributed by atoms with Crippen molar-refractivity contribution in [1.82, 2.24) is 24.7 Å². The van der Waals surface area contributed by atoms with Crippen LogP contribution in [-0.2, 0) is 32.2 Å². The van der Waals surface area contributed by atoms with Crippen molar-refractivity contribution in [1.29, 1.82) is 0 Å². The molecule has 1 aliphatic heterocycles. The Morgan fingerprint density at radius 3 is 2.38 bits per heavy atom. The number of aryl methyl sites for hydroxylation is 3. The standard InChI is InChI=1S/C31H32F2N6O/c1-5-18-14-35-31(36-15-18)38-12-11-25-22(17-38)29(39(37-25)28-19(6-2)9-8-10-20(28)7-3)21-13-23(32)30(40-4)27-26(21)24(33)16-34-27/h8-10,13-16,34H,5-7,11-12,17H2,1-4H3. The summed E-state index contributed by atoms with van der Waals surface area (Å²) in [5, 5.41) is 5.40. The van der Waals surface area contributed by atoms with E-state index in [1.807, 2.05) is 17.1 Å². The number of rotatable bonds is 7. The van der Waals surface area contributed by atoms with Gasteiger partial charge in [0, 0.05) is 54.6 Å². The first kappa shape index (κ1) is 26.0. The van der Waals surface area contributed by atoms with Crippen molar-refractivity contribution in [3.05, 3.63) is 82.4 Å². The second kappa shape index (κ2) is 10.4. The first-order chi connectivity index (χ1) is 19.5. The molecular weight excluding hydrogens is 510 g/mol. The second-order valence-corrected chi connectivity index (χ2v) is 10.1. The molecule has 7 nitrogen and oxygen atoms in total. The van der Waals surface area contributed by atoms with Crippen LogP contribution >= 0.6 is 0 Å². The lowest BCUT2D eigenvalue weighted by atomic mass is 9.97. The topological polar surface area (TPSA) is 71.9 Å². The summed E-state index contributed by atoms with van der Waals surface area (Å²) >= 11 is 0. The summed E-state index contributed by atoms with van der Waals surface area (Å²) < 4.78 is 38.2. The number of halogens is 2. The number of hydrogen-bond acceptors (Lipinski definition) is 5. The Morgan fingerprint density at radius 2 is 1.73 bits per heavy atom. The van der Waals surface area contributed by atoms with E-state index in [1.165, 1.54) is 19.4 Å². The Morgan fingerprint density at radius 1 is 1.00 bits per heavy atom. The van der Waals surface area contributed by atoms with Gasteiger partial charge in [0.15, 0.2) is 11.6 Å². The quantitative estimate of drug-likeness (QED) is 0.260. The van der Waals surface area contributed by atoms with Gasteiger partial charge in [-0.1, -0.05) is 39.0 Å². The number of methoxy groups -OCH3 is 1. The number of para-hydroxylation sites is 1. The van der Waals surface area contributed by atoms with Crippen LogP contribution in [0.5, 0.6) is 5.75 Å². The van der Waals surface area contributed by atoms with E-state index in [0.29, 0.717) is 36.7 Å². The lowest BCUT2D eigenvalue weighted by Crippen LogP contribution is -2.31. The van der Waals surface area contributed by atoms with Crippen LogP contribution in [0.15, 0.2) is 42.9 Å². The molecule has 40 heavy (non-hydrogen) atoms. The van der Waals surface area contributed by atoms with Crippen molar-refractivity contribution in [2.45, 2.75) is 53.0 Å². The molecular formula is C31H32F2N6O. The van der Waals surface area contributed by atoms with E-state index in [1.54, 1.807) is 0 Å². The SMILES string of the molecule is CCc1cnc(N2CCc3nn(-c4c(CC)cccc4CC)c(-c4cc(F)c(OC)c5[nH]cc(F)c45)c3C2)nc1. The molecule has 0 spiro atoms. The maximum Gasteiger partial charge on any atom is 0.225 e. The van der Waals surface area contributed by atoms with Gasteiger partial charge in [0.25, 0.3) is 0 Å². The summed E-state index contributed by atoms with van der Waals surface area (Å²) in [5.74, 6) is -0.435. The number of nitrogens with one attached hydrogen (secondary N) is 1. The molecule has 0 radical (unpaired) electrons. The normalized spacial score (nSPS) is 13.2. The van der Waals surface area contributed by atoms with Crippen molar-refractivity contribution < 1.29 is 13.5 Å². The molecule has 0 atom stereocenters. The van der Waals surface area contributed by atoms with E-state index in [4.69, 9.17) is 9.84 Å². The van der Waals surface area contributed by atoms with E-state index >= 15 is 8.78 Å². The van der Waals surface area contributed by atoms with E-state index in [-0.39, 0.29) is 16.7 Å². The maximum absolute atomic E-state index is 15.5. The molecule has 0 amide bonds. The molecule has 0 saturated carbocycles. The van der Waals surface area contributed by atoms with Crippen molar-refractivity contribution in [2.75, 3.05) is 18.6 Å². The fourth-order valence-electron chi connectivity index (χ4n) is 5.78. The molecule has 206 valence electrons. The van der Waals surface area contributed by atoms with E-state index in [0.717, 1.165) is 52.9 Å². The fourth-order valence-corrected chi connectivity index (χ4v) is 5.78. The molecule has 2 aromatic carbocycles. The summed E-state index contributed by atoms with van der Waals surface area (Å²) in [6, 6.07) is 7.61. The number of anilines is 1. The van der Waals surface area contributed by atoms with E-state index in [9.17, 15) is 0 Å². The van der Waals surface area contributed by atoms with Gasteiger partial charge < -0.3 is 14.6 Å². The Kier molecular flexibility index (Phi) is 6.73. The van der Waals surface area contributed by atoms with Crippen molar-refractivity contribution >= 4 is 16.9 Å². The van der Waals surface area contributed by atoms with Gasteiger partial charge >= 0.3 is 0 Å². The molecule has 3 aromatic heterocycles. The molecule has 5 aromatic rings. The highest BCUT2D eigenvalue weighted by Crippen LogP contribution is 2.42.